The number of aliphatic imine (C=N–C) groups is 1. The average Bonchev–Trinajstić information content (AvgIpc) is 3.47. The van der Waals surface area contributed by atoms with Gasteiger partial charge in [0.2, 0.25) is 0 Å². The molecular formula is C26H40N6. The van der Waals surface area contributed by atoms with E-state index in [1.165, 1.54) is 48.8 Å². The molecule has 0 spiro atoms. The molecule has 1 aromatic carbocycles. The Morgan fingerprint density at radius 1 is 1.16 bits per heavy atom. The summed E-state index contributed by atoms with van der Waals surface area (Å²) in [5, 5.41) is 7.89. The number of nitrogens with zero attached hydrogens (tertiary/aromatic N) is 5. The summed E-state index contributed by atoms with van der Waals surface area (Å²) in [4.78, 5) is 10.0. The summed E-state index contributed by atoms with van der Waals surface area (Å²) in [6.45, 7) is 6.82. The molecule has 1 aliphatic heterocycles. The molecule has 6 heteroatoms. The normalized spacial score (nSPS) is 20.3. The molecule has 0 amide bonds. The third-order valence-corrected chi connectivity index (χ3v) is 7.15. The topological polar surface area (TPSA) is 48.7 Å². The van der Waals surface area contributed by atoms with Gasteiger partial charge in [-0.15, -0.1) is 0 Å². The number of likely N-dealkylation sites (tertiary alicyclic amines) is 1. The third kappa shape index (κ3) is 5.71. The molecule has 2 heterocycles. The Labute approximate surface area is 193 Å². The molecule has 174 valence electrons. The van der Waals surface area contributed by atoms with Crippen LogP contribution in [-0.2, 0) is 20.1 Å². The highest BCUT2D eigenvalue weighted by atomic mass is 15.3. The standard InChI is InChI=1S/C26H40N6/c1-4-27-26(32-15-14-23(20-32)24-17-29-31(3)19-24)28-16-21-10-8-9-11-22(21)18-30(2)25-12-6-5-7-13-25/h8-11,17,19,23,25H,4-7,12-16,18,20H2,1-3H3,(H,27,28). The van der Waals surface area contributed by atoms with Crippen molar-refractivity contribution < 1.29 is 0 Å². The highest BCUT2D eigenvalue weighted by Crippen LogP contribution is 2.27. The van der Waals surface area contributed by atoms with E-state index in [1.807, 2.05) is 17.9 Å². The summed E-state index contributed by atoms with van der Waals surface area (Å²) in [6, 6.07) is 9.58. The fourth-order valence-electron chi connectivity index (χ4n) is 5.25. The van der Waals surface area contributed by atoms with Gasteiger partial charge in [-0.1, -0.05) is 43.5 Å². The van der Waals surface area contributed by atoms with E-state index in [4.69, 9.17) is 4.99 Å². The summed E-state index contributed by atoms with van der Waals surface area (Å²) in [5.41, 5.74) is 4.09. The molecule has 32 heavy (non-hydrogen) atoms. The number of guanidine groups is 1. The van der Waals surface area contributed by atoms with Crippen molar-refractivity contribution in [2.45, 2.75) is 70.5 Å². The lowest BCUT2D eigenvalue weighted by Crippen LogP contribution is -2.40. The second-order valence-electron chi connectivity index (χ2n) is 9.52. The highest BCUT2D eigenvalue weighted by molar-refractivity contribution is 5.80. The first-order chi connectivity index (χ1) is 15.6. The second-order valence-corrected chi connectivity index (χ2v) is 9.52. The average molecular weight is 437 g/mol. The molecular weight excluding hydrogens is 396 g/mol. The summed E-state index contributed by atoms with van der Waals surface area (Å²) < 4.78 is 1.90. The van der Waals surface area contributed by atoms with E-state index in [9.17, 15) is 0 Å². The molecule has 1 atom stereocenters. The number of aryl methyl sites for hydroxylation is 1. The summed E-state index contributed by atoms with van der Waals surface area (Å²) >= 11 is 0. The van der Waals surface area contributed by atoms with Gasteiger partial charge in [0.05, 0.1) is 12.7 Å². The van der Waals surface area contributed by atoms with Crippen molar-refractivity contribution in [2.75, 3.05) is 26.7 Å². The number of aromatic nitrogens is 2. The van der Waals surface area contributed by atoms with Crippen molar-refractivity contribution in [2.24, 2.45) is 12.0 Å². The van der Waals surface area contributed by atoms with Crippen LogP contribution in [0.3, 0.4) is 0 Å². The van der Waals surface area contributed by atoms with Crippen LogP contribution >= 0.6 is 0 Å². The van der Waals surface area contributed by atoms with Crippen molar-refractivity contribution in [3.05, 3.63) is 53.3 Å². The maximum atomic E-state index is 5.07. The molecule has 2 fully saturated rings. The summed E-state index contributed by atoms with van der Waals surface area (Å²) in [6.07, 6.45) is 12.2. The molecule has 1 aromatic heterocycles. The summed E-state index contributed by atoms with van der Waals surface area (Å²) in [7, 11) is 4.29. The van der Waals surface area contributed by atoms with Crippen LogP contribution in [-0.4, -0.2) is 58.3 Å². The van der Waals surface area contributed by atoms with Crippen molar-refractivity contribution in [3.63, 3.8) is 0 Å². The van der Waals surface area contributed by atoms with Crippen LogP contribution in [0, 0.1) is 0 Å². The molecule has 1 N–H and O–H groups in total. The second kappa shape index (κ2) is 11.0. The van der Waals surface area contributed by atoms with Gasteiger partial charge < -0.3 is 10.2 Å². The fraction of sp³-hybridized carbons (Fsp3) is 0.615. The number of hydrogen-bond acceptors (Lipinski definition) is 3. The maximum absolute atomic E-state index is 5.07. The molecule has 1 aliphatic carbocycles. The van der Waals surface area contributed by atoms with E-state index in [1.54, 1.807) is 0 Å². The van der Waals surface area contributed by atoms with E-state index in [0.29, 0.717) is 5.92 Å². The molecule has 0 radical (unpaired) electrons. The van der Waals surface area contributed by atoms with Crippen LogP contribution in [0.2, 0.25) is 0 Å². The fourth-order valence-corrected chi connectivity index (χ4v) is 5.25. The number of benzene rings is 1. The predicted octanol–water partition coefficient (Wildman–Crippen LogP) is 4.14. The van der Waals surface area contributed by atoms with Gasteiger partial charge in [-0.2, -0.15) is 5.10 Å². The minimum atomic E-state index is 0.531. The number of hydrogen-bond donors (Lipinski definition) is 1. The van der Waals surface area contributed by atoms with Gasteiger partial charge in [-0.05, 0) is 49.9 Å². The Kier molecular flexibility index (Phi) is 7.85. The Balaban J connectivity index is 1.42. The van der Waals surface area contributed by atoms with E-state index in [-0.39, 0.29) is 0 Å². The van der Waals surface area contributed by atoms with Gasteiger partial charge in [-0.25, -0.2) is 4.99 Å². The lowest BCUT2D eigenvalue weighted by Gasteiger charge is -2.31. The first-order valence-electron chi connectivity index (χ1n) is 12.4. The maximum Gasteiger partial charge on any atom is 0.194 e. The van der Waals surface area contributed by atoms with E-state index in [2.05, 4.69) is 64.6 Å². The number of rotatable bonds is 7. The first kappa shape index (κ1) is 22.8. The van der Waals surface area contributed by atoms with Crippen LogP contribution in [0.25, 0.3) is 0 Å². The largest absolute Gasteiger partial charge is 0.357 e. The monoisotopic (exact) mass is 436 g/mol. The smallest absolute Gasteiger partial charge is 0.194 e. The highest BCUT2D eigenvalue weighted by Gasteiger charge is 2.27. The minimum absolute atomic E-state index is 0.531. The zero-order chi connectivity index (χ0) is 22.3. The molecule has 2 aliphatic rings. The molecule has 1 saturated heterocycles. The quantitative estimate of drug-likeness (QED) is 0.523. The molecule has 1 unspecified atom stereocenters. The Bertz CT molecular complexity index is 882. The third-order valence-electron chi connectivity index (χ3n) is 7.15. The van der Waals surface area contributed by atoms with Crippen molar-refractivity contribution in [3.8, 4) is 0 Å². The van der Waals surface area contributed by atoms with E-state index in [0.717, 1.165) is 51.1 Å². The van der Waals surface area contributed by atoms with E-state index >= 15 is 0 Å². The molecule has 0 bridgehead atoms. The molecule has 4 rings (SSSR count). The SMILES string of the molecule is CCNC(=NCc1ccccc1CN(C)C1CCCCC1)N1CCC(c2cnn(C)c2)C1. The van der Waals surface area contributed by atoms with Crippen LogP contribution in [0.1, 0.15) is 68.1 Å². The van der Waals surface area contributed by atoms with Gasteiger partial charge >= 0.3 is 0 Å². The predicted molar refractivity (Wildman–Crippen MR) is 132 cm³/mol. The lowest BCUT2D eigenvalue weighted by atomic mass is 9.94. The Morgan fingerprint density at radius 2 is 1.94 bits per heavy atom. The Morgan fingerprint density at radius 3 is 2.66 bits per heavy atom. The van der Waals surface area contributed by atoms with Crippen molar-refractivity contribution >= 4 is 5.96 Å². The number of nitrogens with one attached hydrogen (secondary N) is 1. The zero-order valence-corrected chi connectivity index (χ0v) is 20.1. The molecule has 1 saturated carbocycles. The van der Waals surface area contributed by atoms with Crippen LogP contribution < -0.4 is 5.32 Å². The zero-order valence-electron chi connectivity index (χ0n) is 20.1. The van der Waals surface area contributed by atoms with Gasteiger partial charge in [0.1, 0.15) is 0 Å². The van der Waals surface area contributed by atoms with Gasteiger partial charge in [0, 0.05) is 51.4 Å². The van der Waals surface area contributed by atoms with Crippen molar-refractivity contribution in [1.82, 2.24) is 24.9 Å². The van der Waals surface area contributed by atoms with Crippen molar-refractivity contribution in [1.29, 1.82) is 0 Å². The minimum Gasteiger partial charge on any atom is -0.357 e. The van der Waals surface area contributed by atoms with Gasteiger partial charge in [0.15, 0.2) is 5.96 Å². The lowest BCUT2D eigenvalue weighted by molar-refractivity contribution is 0.184. The summed E-state index contributed by atoms with van der Waals surface area (Å²) in [5.74, 6) is 1.57. The van der Waals surface area contributed by atoms with Gasteiger partial charge in [-0.3, -0.25) is 9.58 Å². The van der Waals surface area contributed by atoms with Crippen LogP contribution in [0.5, 0.6) is 0 Å². The molecule has 6 nitrogen and oxygen atoms in total. The first-order valence-corrected chi connectivity index (χ1v) is 12.4. The van der Waals surface area contributed by atoms with Crippen LogP contribution in [0.4, 0.5) is 0 Å². The molecule has 2 aromatic rings. The Hall–Kier alpha value is -2.34. The van der Waals surface area contributed by atoms with E-state index < -0.39 is 0 Å². The van der Waals surface area contributed by atoms with Crippen LogP contribution in [0.15, 0.2) is 41.7 Å². The van der Waals surface area contributed by atoms with Gasteiger partial charge in [0.25, 0.3) is 0 Å².